The molecule has 2 nitrogen and oxygen atoms in total. The van der Waals surface area contributed by atoms with E-state index in [1.807, 2.05) is 4.68 Å². The van der Waals surface area contributed by atoms with Gasteiger partial charge in [-0.05, 0) is 32.8 Å². The van der Waals surface area contributed by atoms with Crippen LogP contribution in [-0.2, 0) is 0 Å². The topological polar surface area (TPSA) is 17.8 Å². The molecule has 0 aromatic carbocycles. The highest BCUT2D eigenvalue weighted by Crippen LogP contribution is 2.11. The molecule has 78 valence electrons. The van der Waals surface area contributed by atoms with Gasteiger partial charge in [-0.25, -0.2) is 4.68 Å². The molecule has 0 N–H and O–H groups in total. The van der Waals surface area contributed by atoms with Crippen molar-refractivity contribution in [3.05, 3.63) is 23.0 Å². The van der Waals surface area contributed by atoms with Crippen LogP contribution in [0.25, 0.3) is 6.20 Å². The van der Waals surface area contributed by atoms with E-state index in [1.54, 1.807) is 0 Å². The highest BCUT2D eigenvalue weighted by molar-refractivity contribution is 5.31. The maximum absolute atomic E-state index is 4.44. The Morgan fingerprint density at radius 2 is 2.00 bits per heavy atom. The van der Waals surface area contributed by atoms with Gasteiger partial charge < -0.3 is 0 Å². The summed E-state index contributed by atoms with van der Waals surface area (Å²) in [6, 6.07) is 0. The molecule has 2 heteroatoms. The van der Waals surface area contributed by atoms with Crippen LogP contribution in [0.4, 0.5) is 0 Å². The van der Waals surface area contributed by atoms with Crippen LogP contribution in [-0.4, -0.2) is 9.78 Å². The van der Waals surface area contributed by atoms with Crippen molar-refractivity contribution in [1.82, 2.24) is 9.78 Å². The summed E-state index contributed by atoms with van der Waals surface area (Å²) < 4.78 is 1.97. The van der Waals surface area contributed by atoms with Gasteiger partial charge in [-0.1, -0.05) is 25.8 Å². The minimum Gasteiger partial charge on any atom is -0.245 e. The first-order valence-electron chi connectivity index (χ1n) is 5.35. The first-order valence-corrected chi connectivity index (χ1v) is 5.35. The summed E-state index contributed by atoms with van der Waals surface area (Å²) >= 11 is 0. The van der Waals surface area contributed by atoms with E-state index in [-0.39, 0.29) is 0 Å². The second-order valence-electron chi connectivity index (χ2n) is 3.77. The number of hydrogen-bond acceptors (Lipinski definition) is 1. The molecule has 0 saturated carbocycles. The van der Waals surface area contributed by atoms with Crippen molar-refractivity contribution >= 4 is 6.20 Å². The van der Waals surface area contributed by atoms with Crippen molar-refractivity contribution in [1.29, 1.82) is 0 Å². The van der Waals surface area contributed by atoms with Crippen molar-refractivity contribution in [2.24, 2.45) is 0 Å². The van der Waals surface area contributed by atoms with Gasteiger partial charge in [0.25, 0.3) is 0 Å². The van der Waals surface area contributed by atoms with Gasteiger partial charge in [0.05, 0.1) is 5.69 Å². The second kappa shape index (κ2) is 4.99. The van der Waals surface area contributed by atoms with Gasteiger partial charge >= 0.3 is 0 Å². The maximum atomic E-state index is 4.44. The zero-order chi connectivity index (χ0) is 10.6. The van der Waals surface area contributed by atoms with Crippen molar-refractivity contribution in [2.45, 2.75) is 47.0 Å². The molecule has 0 aliphatic heterocycles. The molecule has 0 atom stereocenters. The largest absolute Gasteiger partial charge is 0.245 e. The summed E-state index contributed by atoms with van der Waals surface area (Å²) in [5.74, 6) is 0. The molecule has 0 bridgehead atoms. The van der Waals surface area contributed by atoms with Crippen LogP contribution >= 0.6 is 0 Å². The number of unbranched alkanes of at least 4 members (excludes halogenated alkanes) is 2. The lowest BCUT2D eigenvalue weighted by Crippen LogP contribution is -1.91. The predicted octanol–water partition coefficient (Wildman–Crippen LogP) is 3.47. The molecule has 0 saturated heterocycles. The van der Waals surface area contributed by atoms with E-state index in [2.05, 4.69) is 45.1 Å². The summed E-state index contributed by atoms with van der Waals surface area (Å²) in [5.41, 5.74) is 3.67. The normalized spacial score (nSPS) is 11.4. The molecule has 1 aromatic rings. The highest BCUT2D eigenvalue weighted by atomic mass is 15.3. The molecule has 0 aliphatic rings. The van der Waals surface area contributed by atoms with E-state index in [0.29, 0.717) is 0 Å². The van der Waals surface area contributed by atoms with Crippen LogP contribution in [0.3, 0.4) is 0 Å². The van der Waals surface area contributed by atoms with Crippen LogP contribution in [0.15, 0.2) is 6.08 Å². The van der Waals surface area contributed by atoms with Crippen molar-refractivity contribution in [3.63, 3.8) is 0 Å². The molecule has 0 fully saturated rings. The number of allylic oxidation sites excluding steroid dienone is 1. The number of aromatic nitrogens is 2. The van der Waals surface area contributed by atoms with Gasteiger partial charge in [-0.15, -0.1) is 0 Å². The summed E-state index contributed by atoms with van der Waals surface area (Å²) in [4.78, 5) is 0. The number of nitrogens with zero attached hydrogens (tertiary/aromatic N) is 2. The molecule has 1 aromatic heterocycles. The lowest BCUT2D eigenvalue weighted by molar-refractivity contribution is 0.808. The van der Waals surface area contributed by atoms with Gasteiger partial charge in [0.2, 0.25) is 0 Å². The first-order chi connectivity index (χ1) is 6.66. The van der Waals surface area contributed by atoms with E-state index in [0.717, 1.165) is 12.1 Å². The first kappa shape index (κ1) is 11.0. The fraction of sp³-hybridized carbons (Fsp3) is 0.583. The van der Waals surface area contributed by atoms with E-state index in [1.165, 1.54) is 24.1 Å². The molecule has 0 aliphatic carbocycles. The van der Waals surface area contributed by atoms with E-state index in [9.17, 15) is 0 Å². The number of aryl methyl sites for hydroxylation is 1. The molecule has 14 heavy (non-hydrogen) atoms. The molecule has 1 rings (SSSR count). The Hall–Kier alpha value is -1.05. The SMILES string of the molecule is CCCC/C=C/n1nc(C)c(C)c1C. The monoisotopic (exact) mass is 192 g/mol. The summed E-state index contributed by atoms with van der Waals surface area (Å²) in [5, 5.41) is 4.44. The third-order valence-electron chi connectivity index (χ3n) is 2.66. The Morgan fingerprint density at radius 3 is 2.50 bits per heavy atom. The summed E-state index contributed by atoms with van der Waals surface area (Å²) in [6.07, 6.45) is 7.93. The van der Waals surface area contributed by atoms with Gasteiger partial charge in [0.15, 0.2) is 0 Å². The molecule has 0 amide bonds. The zero-order valence-electron chi connectivity index (χ0n) is 9.67. The average Bonchev–Trinajstić information content (AvgIpc) is 2.41. The van der Waals surface area contributed by atoms with Crippen molar-refractivity contribution in [2.75, 3.05) is 0 Å². The molecule has 1 heterocycles. The van der Waals surface area contributed by atoms with E-state index >= 15 is 0 Å². The Labute approximate surface area is 86.6 Å². The van der Waals surface area contributed by atoms with Gasteiger partial charge in [0, 0.05) is 11.9 Å². The van der Waals surface area contributed by atoms with Gasteiger partial charge in [-0.3, -0.25) is 0 Å². The van der Waals surface area contributed by atoms with Gasteiger partial charge in [0.1, 0.15) is 0 Å². The fourth-order valence-corrected chi connectivity index (χ4v) is 1.39. The van der Waals surface area contributed by atoms with E-state index < -0.39 is 0 Å². The average molecular weight is 192 g/mol. The van der Waals surface area contributed by atoms with Crippen LogP contribution in [0.1, 0.15) is 43.1 Å². The maximum Gasteiger partial charge on any atom is 0.0629 e. The third-order valence-corrected chi connectivity index (χ3v) is 2.66. The van der Waals surface area contributed by atoms with Crippen molar-refractivity contribution < 1.29 is 0 Å². The molecular weight excluding hydrogens is 172 g/mol. The van der Waals surface area contributed by atoms with Crippen LogP contribution in [0, 0.1) is 20.8 Å². The van der Waals surface area contributed by atoms with Crippen LogP contribution in [0.2, 0.25) is 0 Å². The fourth-order valence-electron chi connectivity index (χ4n) is 1.39. The molecule has 0 radical (unpaired) electrons. The lowest BCUT2D eigenvalue weighted by atomic mass is 10.2. The molecule has 0 spiro atoms. The van der Waals surface area contributed by atoms with Crippen molar-refractivity contribution in [3.8, 4) is 0 Å². The third kappa shape index (κ3) is 2.47. The predicted molar refractivity (Wildman–Crippen MR) is 61.3 cm³/mol. The minimum absolute atomic E-state index is 1.13. The zero-order valence-corrected chi connectivity index (χ0v) is 9.67. The van der Waals surface area contributed by atoms with Gasteiger partial charge in [-0.2, -0.15) is 5.10 Å². The summed E-state index contributed by atoms with van der Waals surface area (Å²) in [7, 11) is 0. The lowest BCUT2D eigenvalue weighted by Gasteiger charge is -1.96. The second-order valence-corrected chi connectivity index (χ2v) is 3.77. The Kier molecular flexibility index (Phi) is 3.93. The number of rotatable bonds is 4. The van der Waals surface area contributed by atoms with Crippen LogP contribution in [0.5, 0.6) is 0 Å². The smallest absolute Gasteiger partial charge is 0.0629 e. The Bertz CT molecular complexity index is 321. The minimum atomic E-state index is 1.13. The van der Waals surface area contributed by atoms with Crippen LogP contribution < -0.4 is 0 Å². The molecular formula is C12H20N2. The standard InChI is InChI=1S/C12H20N2/c1-5-6-7-8-9-14-12(4)10(2)11(3)13-14/h8-9H,5-7H2,1-4H3/b9-8+. The number of hydrogen-bond donors (Lipinski definition) is 0. The molecule has 0 unspecified atom stereocenters. The highest BCUT2D eigenvalue weighted by Gasteiger charge is 2.03. The Morgan fingerprint density at radius 1 is 1.29 bits per heavy atom. The Balaban J connectivity index is 2.67. The quantitative estimate of drug-likeness (QED) is 0.668. The van der Waals surface area contributed by atoms with E-state index in [4.69, 9.17) is 0 Å². The summed E-state index contributed by atoms with van der Waals surface area (Å²) in [6.45, 7) is 8.49.